The number of carbonyl (C=O) groups is 1. The standard InChI is InChI=1S/C16H30N2O3/c1-16(2,3)21-15(20)18-8-4-5-12(11-18)9-17-10-14(19)13-6-7-13/h12-14,17,19H,4-11H2,1-3H3. The monoisotopic (exact) mass is 298 g/mol. The summed E-state index contributed by atoms with van der Waals surface area (Å²) < 4.78 is 5.43. The van der Waals surface area contributed by atoms with Crippen LogP contribution in [0, 0.1) is 11.8 Å². The van der Waals surface area contributed by atoms with Gasteiger partial charge in [-0.1, -0.05) is 0 Å². The molecule has 0 spiro atoms. The number of ether oxygens (including phenoxy) is 1. The minimum absolute atomic E-state index is 0.199. The molecule has 5 nitrogen and oxygen atoms in total. The Hall–Kier alpha value is -0.810. The lowest BCUT2D eigenvalue weighted by Crippen LogP contribution is -2.45. The number of likely N-dealkylation sites (tertiary alicyclic amines) is 1. The number of nitrogens with one attached hydrogen (secondary N) is 1. The molecule has 0 bridgehead atoms. The van der Waals surface area contributed by atoms with E-state index in [1.54, 1.807) is 0 Å². The van der Waals surface area contributed by atoms with E-state index in [0.29, 0.717) is 18.4 Å². The predicted octanol–water partition coefficient (Wildman–Crippen LogP) is 1.99. The molecule has 0 aromatic rings. The molecule has 5 heteroatoms. The summed E-state index contributed by atoms with van der Waals surface area (Å²) >= 11 is 0. The molecule has 2 N–H and O–H groups in total. The molecule has 2 fully saturated rings. The Morgan fingerprint density at radius 1 is 1.38 bits per heavy atom. The van der Waals surface area contributed by atoms with Crippen LogP contribution in [0.2, 0.25) is 0 Å². The number of hydrogen-bond acceptors (Lipinski definition) is 4. The molecule has 2 atom stereocenters. The second-order valence-corrected chi connectivity index (χ2v) is 7.50. The van der Waals surface area contributed by atoms with Gasteiger partial charge in [0.2, 0.25) is 0 Å². The van der Waals surface area contributed by atoms with Gasteiger partial charge in [-0.3, -0.25) is 0 Å². The van der Waals surface area contributed by atoms with Gasteiger partial charge in [-0.05, 0) is 64.8 Å². The van der Waals surface area contributed by atoms with Crippen LogP contribution in [0.25, 0.3) is 0 Å². The number of hydrogen-bond donors (Lipinski definition) is 2. The zero-order valence-electron chi connectivity index (χ0n) is 13.6. The first-order chi connectivity index (χ1) is 9.85. The molecular weight excluding hydrogens is 268 g/mol. The van der Waals surface area contributed by atoms with Crippen LogP contribution in [-0.2, 0) is 4.74 Å². The average molecular weight is 298 g/mol. The highest BCUT2D eigenvalue weighted by molar-refractivity contribution is 5.68. The number of piperidine rings is 1. The van der Waals surface area contributed by atoms with Gasteiger partial charge in [0.15, 0.2) is 0 Å². The van der Waals surface area contributed by atoms with Gasteiger partial charge in [0.05, 0.1) is 6.10 Å². The van der Waals surface area contributed by atoms with Crippen LogP contribution in [0.5, 0.6) is 0 Å². The molecule has 0 aromatic heterocycles. The Labute approximate surface area is 128 Å². The van der Waals surface area contributed by atoms with Crippen molar-refractivity contribution in [1.82, 2.24) is 10.2 Å². The minimum Gasteiger partial charge on any atom is -0.444 e. The summed E-state index contributed by atoms with van der Waals surface area (Å²) in [4.78, 5) is 13.9. The molecule has 2 aliphatic rings. The van der Waals surface area contributed by atoms with Crippen molar-refractivity contribution in [2.24, 2.45) is 11.8 Å². The molecule has 1 heterocycles. The molecule has 1 saturated heterocycles. The van der Waals surface area contributed by atoms with E-state index in [2.05, 4.69) is 5.32 Å². The third kappa shape index (κ3) is 5.83. The second-order valence-electron chi connectivity index (χ2n) is 7.50. The number of amides is 1. The molecule has 1 aliphatic heterocycles. The molecular formula is C16H30N2O3. The van der Waals surface area contributed by atoms with Crippen molar-refractivity contribution in [2.45, 2.75) is 58.2 Å². The number of carbonyl (C=O) groups excluding carboxylic acids is 1. The van der Waals surface area contributed by atoms with Crippen molar-refractivity contribution < 1.29 is 14.6 Å². The van der Waals surface area contributed by atoms with E-state index in [1.807, 2.05) is 25.7 Å². The van der Waals surface area contributed by atoms with Gasteiger partial charge in [-0.2, -0.15) is 0 Å². The van der Waals surface area contributed by atoms with Crippen LogP contribution >= 0.6 is 0 Å². The summed E-state index contributed by atoms with van der Waals surface area (Å²) in [6.07, 6.45) is 4.08. The van der Waals surface area contributed by atoms with Crippen molar-refractivity contribution in [3.8, 4) is 0 Å². The molecule has 21 heavy (non-hydrogen) atoms. The number of aliphatic hydroxyl groups excluding tert-OH is 1. The van der Waals surface area contributed by atoms with Crippen LogP contribution in [0.4, 0.5) is 4.79 Å². The van der Waals surface area contributed by atoms with Gasteiger partial charge in [0.1, 0.15) is 5.60 Å². The molecule has 2 unspecified atom stereocenters. The van der Waals surface area contributed by atoms with E-state index in [9.17, 15) is 9.90 Å². The first kappa shape index (κ1) is 16.6. The number of rotatable bonds is 5. The van der Waals surface area contributed by atoms with E-state index < -0.39 is 5.60 Å². The van der Waals surface area contributed by atoms with Crippen LogP contribution in [0.1, 0.15) is 46.5 Å². The fourth-order valence-electron chi connectivity index (χ4n) is 2.81. The molecule has 1 aliphatic carbocycles. The molecule has 0 aromatic carbocycles. The van der Waals surface area contributed by atoms with Crippen molar-refractivity contribution in [3.63, 3.8) is 0 Å². The largest absolute Gasteiger partial charge is 0.444 e. The zero-order chi connectivity index (χ0) is 15.5. The topological polar surface area (TPSA) is 61.8 Å². The van der Waals surface area contributed by atoms with Gasteiger partial charge < -0.3 is 20.1 Å². The van der Waals surface area contributed by atoms with Gasteiger partial charge in [-0.25, -0.2) is 4.79 Å². The van der Waals surface area contributed by atoms with E-state index in [-0.39, 0.29) is 12.2 Å². The third-order valence-corrected chi connectivity index (χ3v) is 4.12. The maximum atomic E-state index is 12.1. The Balaban J connectivity index is 1.68. The lowest BCUT2D eigenvalue weighted by Gasteiger charge is -2.34. The fourth-order valence-corrected chi connectivity index (χ4v) is 2.81. The van der Waals surface area contributed by atoms with Crippen molar-refractivity contribution >= 4 is 6.09 Å². The highest BCUT2D eigenvalue weighted by atomic mass is 16.6. The van der Waals surface area contributed by atoms with Gasteiger partial charge in [0.25, 0.3) is 0 Å². The highest BCUT2D eigenvalue weighted by Gasteiger charge is 2.30. The Morgan fingerprint density at radius 2 is 2.10 bits per heavy atom. The second kappa shape index (κ2) is 6.97. The van der Waals surface area contributed by atoms with Gasteiger partial charge in [0, 0.05) is 19.6 Å². The molecule has 122 valence electrons. The summed E-state index contributed by atoms with van der Waals surface area (Å²) in [6, 6.07) is 0. The normalized spacial score (nSPS) is 24.8. The maximum absolute atomic E-state index is 12.1. The summed E-state index contributed by atoms with van der Waals surface area (Å²) in [5.41, 5.74) is -0.434. The van der Waals surface area contributed by atoms with E-state index in [4.69, 9.17) is 4.74 Å². The smallest absolute Gasteiger partial charge is 0.410 e. The summed E-state index contributed by atoms with van der Waals surface area (Å²) in [5, 5.41) is 13.2. The first-order valence-electron chi connectivity index (χ1n) is 8.22. The maximum Gasteiger partial charge on any atom is 0.410 e. The Morgan fingerprint density at radius 3 is 2.71 bits per heavy atom. The SMILES string of the molecule is CC(C)(C)OC(=O)N1CCCC(CNCC(O)C2CC2)C1. The summed E-state index contributed by atoms with van der Waals surface area (Å²) in [6.45, 7) is 8.77. The summed E-state index contributed by atoms with van der Waals surface area (Å²) in [7, 11) is 0. The van der Waals surface area contributed by atoms with Crippen molar-refractivity contribution in [1.29, 1.82) is 0 Å². The van der Waals surface area contributed by atoms with Crippen LogP contribution < -0.4 is 5.32 Å². The Bertz CT molecular complexity index is 350. The lowest BCUT2D eigenvalue weighted by molar-refractivity contribution is 0.0164. The van der Waals surface area contributed by atoms with E-state index in [1.165, 1.54) is 12.8 Å². The highest BCUT2D eigenvalue weighted by Crippen LogP contribution is 2.32. The molecule has 1 amide bonds. The van der Waals surface area contributed by atoms with Crippen LogP contribution in [0.3, 0.4) is 0 Å². The van der Waals surface area contributed by atoms with Crippen molar-refractivity contribution in [3.05, 3.63) is 0 Å². The van der Waals surface area contributed by atoms with Crippen molar-refractivity contribution in [2.75, 3.05) is 26.2 Å². The fraction of sp³-hybridized carbons (Fsp3) is 0.938. The summed E-state index contributed by atoms with van der Waals surface area (Å²) in [5.74, 6) is 0.972. The molecule has 2 rings (SSSR count). The van der Waals surface area contributed by atoms with E-state index in [0.717, 1.165) is 32.5 Å². The van der Waals surface area contributed by atoms with Crippen LogP contribution in [-0.4, -0.2) is 54.0 Å². The zero-order valence-corrected chi connectivity index (χ0v) is 13.6. The number of aliphatic hydroxyl groups is 1. The quantitative estimate of drug-likeness (QED) is 0.815. The van der Waals surface area contributed by atoms with E-state index >= 15 is 0 Å². The predicted molar refractivity (Wildman–Crippen MR) is 82.1 cm³/mol. The lowest BCUT2D eigenvalue weighted by atomic mass is 9.98. The van der Waals surface area contributed by atoms with Crippen LogP contribution in [0.15, 0.2) is 0 Å². The molecule has 1 saturated carbocycles. The average Bonchev–Trinajstić information content (AvgIpc) is 3.21. The first-order valence-corrected chi connectivity index (χ1v) is 8.22. The Kier molecular flexibility index (Phi) is 5.49. The minimum atomic E-state index is -0.434. The molecule has 0 radical (unpaired) electrons. The van der Waals surface area contributed by atoms with Gasteiger partial charge >= 0.3 is 6.09 Å². The third-order valence-electron chi connectivity index (χ3n) is 4.12. The van der Waals surface area contributed by atoms with Gasteiger partial charge in [-0.15, -0.1) is 0 Å². The number of nitrogens with zero attached hydrogens (tertiary/aromatic N) is 1.